The molecule has 4 rings (SSSR count). The number of hydrogen-bond acceptors (Lipinski definition) is 6. The van der Waals surface area contributed by atoms with Crippen molar-refractivity contribution in [3.63, 3.8) is 0 Å². The summed E-state index contributed by atoms with van der Waals surface area (Å²) in [5, 5.41) is 9.24. The predicted molar refractivity (Wildman–Crippen MR) is 154 cm³/mol. The van der Waals surface area contributed by atoms with Crippen molar-refractivity contribution in [3.05, 3.63) is 124 Å². The van der Waals surface area contributed by atoms with Gasteiger partial charge in [0.25, 0.3) is 11.8 Å². The Kier molecular flexibility index (Phi) is 9.05. The molecule has 0 radical (unpaired) electrons. The molecule has 2 amide bonds. The Labute approximate surface area is 230 Å². The van der Waals surface area contributed by atoms with Crippen molar-refractivity contribution < 1.29 is 23.9 Å². The van der Waals surface area contributed by atoms with Crippen LogP contribution in [0.25, 0.3) is 12.2 Å². The zero-order valence-corrected chi connectivity index (χ0v) is 22.2. The largest absolute Gasteiger partial charge is 0.497 e. The number of allylic oxidation sites excluding steroid dienone is 1. The molecule has 0 bridgehead atoms. The highest BCUT2D eigenvalue weighted by molar-refractivity contribution is 7.08. The van der Waals surface area contributed by atoms with E-state index < -0.39 is 11.8 Å². The predicted octanol–water partition coefficient (Wildman–Crippen LogP) is 6.07. The summed E-state index contributed by atoms with van der Waals surface area (Å²) in [6.45, 7) is 0. The zero-order chi connectivity index (χ0) is 27.6. The Hall–Kier alpha value is -4.95. The molecule has 0 fully saturated rings. The number of anilines is 1. The van der Waals surface area contributed by atoms with Crippen LogP contribution in [0.2, 0.25) is 0 Å². The number of ether oxygens (including phenoxy) is 2. The number of hydrogen-bond donors (Lipinski definition) is 2. The molecule has 8 heteroatoms. The molecule has 0 aliphatic heterocycles. The number of amides is 2. The van der Waals surface area contributed by atoms with Gasteiger partial charge in [-0.2, -0.15) is 11.3 Å². The minimum Gasteiger partial charge on any atom is -0.497 e. The highest BCUT2D eigenvalue weighted by Gasteiger charge is 2.15. The highest BCUT2D eigenvalue weighted by Crippen LogP contribution is 2.26. The molecule has 196 valence electrons. The number of rotatable bonds is 10. The number of nitrogens with one attached hydrogen (secondary N) is 2. The minimum absolute atomic E-state index is 0.0961. The second-order valence-electron chi connectivity index (χ2n) is 8.27. The summed E-state index contributed by atoms with van der Waals surface area (Å²) in [5.41, 5.74) is 2.98. The minimum atomic E-state index is -0.490. The maximum Gasteiger partial charge on any atom is 0.272 e. The molecular weight excluding hydrogens is 512 g/mol. The molecule has 39 heavy (non-hydrogen) atoms. The van der Waals surface area contributed by atoms with Crippen molar-refractivity contribution in [1.29, 1.82) is 0 Å². The van der Waals surface area contributed by atoms with Crippen molar-refractivity contribution in [2.24, 2.45) is 0 Å². The zero-order valence-electron chi connectivity index (χ0n) is 21.3. The van der Waals surface area contributed by atoms with Crippen LogP contribution < -0.4 is 20.1 Å². The lowest BCUT2D eigenvalue weighted by Gasteiger charge is -2.11. The van der Waals surface area contributed by atoms with E-state index in [1.54, 1.807) is 93.1 Å². The fraction of sp³-hybridized carbons (Fsp3) is 0.0645. The Morgan fingerprint density at radius 3 is 2.28 bits per heavy atom. The number of thiophene rings is 1. The van der Waals surface area contributed by atoms with Gasteiger partial charge in [-0.15, -0.1) is 0 Å². The van der Waals surface area contributed by atoms with Gasteiger partial charge in [0.15, 0.2) is 5.78 Å². The van der Waals surface area contributed by atoms with Gasteiger partial charge in [0.05, 0.1) is 14.2 Å². The standard InChI is InChI=1S/C31H26N2O5S/c1-37-26-14-10-23(29(19-26)38-2)11-15-28(34)22-8-12-25(13-9-22)32-31(36)27(18-21-16-17-39-20-21)33-30(35)24-6-4-3-5-7-24/h3-20H,1-2H3,(H,32,36)(H,33,35)/b15-11+,27-18-. The Morgan fingerprint density at radius 2 is 1.62 bits per heavy atom. The molecule has 0 aliphatic carbocycles. The van der Waals surface area contributed by atoms with Crippen LogP contribution in [0.3, 0.4) is 0 Å². The molecule has 0 spiro atoms. The third kappa shape index (κ3) is 7.30. The van der Waals surface area contributed by atoms with Crippen LogP contribution in [0.1, 0.15) is 31.8 Å². The summed E-state index contributed by atoms with van der Waals surface area (Å²) in [5.74, 6) is 0.145. The van der Waals surface area contributed by atoms with E-state index in [9.17, 15) is 14.4 Å². The number of carbonyl (C=O) groups is 3. The molecule has 0 unspecified atom stereocenters. The number of carbonyl (C=O) groups excluding carboxylic acids is 3. The molecule has 0 saturated heterocycles. The lowest BCUT2D eigenvalue weighted by Crippen LogP contribution is -2.30. The lowest BCUT2D eigenvalue weighted by atomic mass is 10.1. The molecule has 4 aromatic rings. The molecular formula is C31H26N2O5S. The molecule has 2 N–H and O–H groups in total. The van der Waals surface area contributed by atoms with E-state index in [0.29, 0.717) is 28.3 Å². The molecule has 0 aliphatic rings. The summed E-state index contributed by atoms with van der Waals surface area (Å²) >= 11 is 1.48. The van der Waals surface area contributed by atoms with Crippen LogP contribution in [0.4, 0.5) is 5.69 Å². The van der Waals surface area contributed by atoms with Gasteiger partial charge in [0.2, 0.25) is 0 Å². The van der Waals surface area contributed by atoms with E-state index in [1.807, 2.05) is 22.9 Å². The SMILES string of the molecule is COc1ccc(/C=C/C(=O)c2ccc(NC(=O)/C(=C/c3ccsc3)NC(=O)c3ccccc3)cc2)c(OC)c1. The second kappa shape index (κ2) is 13.0. The lowest BCUT2D eigenvalue weighted by molar-refractivity contribution is -0.113. The first kappa shape index (κ1) is 27.1. The monoisotopic (exact) mass is 538 g/mol. The third-order valence-corrected chi connectivity index (χ3v) is 6.37. The molecule has 1 aromatic heterocycles. The molecule has 0 atom stereocenters. The van der Waals surface area contributed by atoms with Crippen LogP contribution in [-0.4, -0.2) is 31.8 Å². The van der Waals surface area contributed by atoms with Gasteiger partial charge in [0, 0.05) is 28.4 Å². The Morgan fingerprint density at radius 1 is 0.846 bits per heavy atom. The highest BCUT2D eigenvalue weighted by atomic mass is 32.1. The van der Waals surface area contributed by atoms with E-state index in [2.05, 4.69) is 10.6 Å². The van der Waals surface area contributed by atoms with Crippen molar-refractivity contribution in [3.8, 4) is 11.5 Å². The normalized spacial score (nSPS) is 11.2. The summed E-state index contributed by atoms with van der Waals surface area (Å²) in [6, 6.07) is 22.4. The van der Waals surface area contributed by atoms with Crippen molar-refractivity contribution in [2.75, 3.05) is 19.5 Å². The van der Waals surface area contributed by atoms with Crippen molar-refractivity contribution in [2.45, 2.75) is 0 Å². The van der Waals surface area contributed by atoms with Gasteiger partial charge in [0.1, 0.15) is 17.2 Å². The fourth-order valence-corrected chi connectivity index (χ4v) is 4.22. The van der Waals surface area contributed by atoms with E-state index in [0.717, 1.165) is 11.1 Å². The Bertz CT molecular complexity index is 1510. The van der Waals surface area contributed by atoms with E-state index >= 15 is 0 Å². The number of benzene rings is 3. The molecule has 1 heterocycles. The molecule has 0 saturated carbocycles. The van der Waals surface area contributed by atoms with Gasteiger partial charge in [-0.1, -0.05) is 18.2 Å². The van der Waals surface area contributed by atoms with Crippen LogP contribution in [0.15, 0.2) is 101 Å². The summed E-state index contributed by atoms with van der Waals surface area (Å²) in [6.07, 6.45) is 4.74. The number of ketones is 1. The first-order chi connectivity index (χ1) is 19.0. The average molecular weight is 539 g/mol. The maximum absolute atomic E-state index is 13.1. The van der Waals surface area contributed by atoms with Gasteiger partial charge in [-0.25, -0.2) is 0 Å². The topological polar surface area (TPSA) is 93.7 Å². The van der Waals surface area contributed by atoms with Crippen LogP contribution in [-0.2, 0) is 4.79 Å². The summed E-state index contributed by atoms with van der Waals surface area (Å²) in [7, 11) is 3.12. The van der Waals surface area contributed by atoms with Gasteiger partial charge < -0.3 is 20.1 Å². The van der Waals surface area contributed by atoms with E-state index in [1.165, 1.54) is 17.4 Å². The smallest absolute Gasteiger partial charge is 0.272 e. The Balaban J connectivity index is 1.45. The van der Waals surface area contributed by atoms with E-state index in [-0.39, 0.29) is 11.5 Å². The van der Waals surface area contributed by atoms with Crippen LogP contribution >= 0.6 is 11.3 Å². The maximum atomic E-state index is 13.1. The van der Waals surface area contributed by atoms with Crippen LogP contribution in [0, 0.1) is 0 Å². The van der Waals surface area contributed by atoms with Crippen molar-refractivity contribution in [1.82, 2.24) is 5.32 Å². The average Bonchev–Trinajstić information content (AvgIpc) is 3.49. The third-order valence-electron chi connectivity index (χ3n) is 5.67. The first-order valence-corrected chi connectivity index (χ1v) is 12.9. The summed E-state index contributed by atoms with van der Waals surface area (Å²) < 4.78 is 10.6. The quantitative estimate of drug-likeness (QED) is 0.189. The molecule has 3 aromatic carbocycles. The second-order valence-corrected chi connectivity index (χ2v) is 9.05. The number of methoxy groups -OCH3 is 2. The fourth-order valence-electron chi connectivity index (χ4n) is 3.60. The van der Waals surface area contributed by atoms with Crippen LogP contribution in [0.5, 0.6) is 11.5 Å². The first-order valence-electron chi connectivity index (χ1n) is 11.9. The van der Waals surface area contributed by atoms with Crippen molar-refractivity contribution >= 4 is 46.8 Å². The van der Waals surface area contributed by atoms with Gasteiger partial charge in [-0.3, -0.25) is 14.4 Å². The van der Waals surface area contributed by atoms with E-state index in [4.69, 9.17) is 9.47 Å². The molecule has 7 nitrogen and oxygen atoms in total. The summed E-state index contributed by atoms with van der Waals surface area (Å²) in [4.78, 5) is 38.5. The van der Waals surface area contributed by atoms with Gasteiger partial charge >= 0.3 is 0 Å². The van der Waals surface area contributed by atoms with Gasteiger partial charge in [-0.05, 0) is 89.1 Å².